The summed E-state index contributed by atoms with van der Waals surface area (Å²) in [5.74, 6) is -0.496. The molecule has 0 atom stereocenters. The van der Waals surface area contributed by atoms with E-state index in [2.05, 4.69) is 16.2 Å². The summed E-state index contributed by atoms with van der Waals surface area (Å²) in [5.41, 5.74) is 6.02. The van der Waals surface area contributed by atoms with Gasteiger partial charge in [-0.25, -0.2) is 0 Å². The third-order valence-corrected chi connectivity index (χ3v) is 2.26. The lowest BCUT2D eigenvalue weighted by atomic mass is 10.3. The molecule has 6 heteroatoms. The van der Waals surface area contributed by atoms with Crippen LogP contribution < -0.4 is 16.2 Å². The fourth-order valence-corrected chi connectivity index (χ4v) is 1.30. The molecule has 0 unspecified atom stereocenters. The van der Waals surface area contributed by atoms with Gasteiger partial charge in [0.1, 0.15) is 0 Å². The van der Waals surface area contributed by atoms with Crippen LogP contribution in [0.25, 0.3) is 0 Å². The molecule has 2 amide bonds. The number of rotatable bonds is 7. The first-order chi connectivity index (χ1) is 9.22. The van der Waals surface area contributed by atoms with Crippen LogP contribution in [0.4, 0.5) is 5.69 Å². The summed E-state index contributed by atoms with van der Waals surface area (Å²) in [6.45, 7) is 0.319. The van der Waals surface area contributed by atoms with Crippen LogP contribution >= 0.6 is 0 Å². The van der Waals surface area contributed by atoms with E-state index in [0.717, 1.165) is 5.69 Å². The molecular weight excluding hydrogens is 244 g/mol. The Labute approximate surface area is 111 Å². The maximum atomic E-state index is 11.4. The molecule has 0 bridgehead atoms. The van der Waals surface area contributed by atoms with Gasteiger partial charge in [0, 0.05) is 19.4 Å². The minimum Gasteiger partial charge on any atom is -0.355 e. The van der Waals surface area contributed by atoms with Crippen molar-refractivity contribution in [2.75, 3.05) is 12.0 Å². The largest absolute Gasteiger partial charge is 0.355 e. The van der Waals surface area contributed by atoms with Gasteiger partial charge in [0.25, 0.3) is 0 Å². The maximum absolute atomic E-state index is 11.4. The molecule has 0 spiro atoms. The Hall–Kier alpha value is -2.55. The fraction of sp³-hybridized carbons (Fsp3) is 0.308. The van der Waals surface area contributed by atoms with Crippen LogP contribution in [0.15, 0.2) is 30.3 Å². The van der Waals surface area contributed by atoms with E-state index in [1.807, 2.05) is 36.4 Å². The molecule has 100 valence electrons. The molecule has 0 heterocycles. The monoisotopic (exact) mass is 260 g/mol. The lowest BCUT2D eigenvalue weighted by Gasteiger charge is -2.08. The van der Waals surface area contributed by atoms with Crippen LogP contribution in [0, 0.1) is 11.3 Å². The Kier molecular flexibility index (Phi) is 6.51. The van der Waals surface area contributed by atoms with Crippen LogP contribution in [-0.2, 0) is 9.59 Å². The van der Waals surface area contributed by atoms with Crippen molar-refractivity contribution in [2.24, 2.45) is 0 Å². The highest BCUT2D eigenvalue weighted by Crippen LogP contribution is 2.02. The SMILES string of the molecule is N#CCCNC(=O)CCC(=O)NNc1ccccc1. The number of hydrazine groups is 1. The number of carbonyl (C=O) groups excluding carboxylic acids is 2. The van der Waals surface area contributed by atoms with E-state index in [9.17, 15) is 9.59 Å². The molecule has 6 nitrogen and oxygen atoms in total. The molecule has 1 aromatic rings. The first-order valence-corrected chi connectivity index (χ1v) is 5.96. The Morgan fingerprint density at radius 2 is 1.79 bits per heavy atom. The van der Waals surface area contributed by atoms with Crippen molar-refractivity contribution in [1.29, 1.82) is 5.26 Å². The maximum Gasteiger partial charge on any atom is 0.238 e. The lowest BCUT2D eigenvalue weighted by Crippen LogP contribution is -2.31. The number of nitrogens with zero attached hydrogens (tertiary/aromatic N) is 1. The molecule has 0 saturated heterocycles. The predicted molar refractivity (Wildman–Crippen MR) is 70.7 cm³/mol. The minimum atomic E-state index is -0.265. The van der Waals surface area contributed by atoms with E-state index in [4.69, 9.17) is 5.26 Å². The predicted octanol–water partition coefficient (Wildman–Crippen LogP) is 0.940. The standard InChI is InChI=1S/C13H16N4O2/c14-9-4-10-15-12(18)7-8-13(19)17-16-11-5-2-1-3-6-11/h1-3,5-6,16H,4,7-8,10H2,(H,15,18)(H,17,19). The topological polar surface area (TPSA) is 94.0 Å². The van der Waals surface area contributed by atoms with Gasteiger partial charge in [0.05, 0.1) is 18.2 Å². The van der Waals surface area contributed by atoms with Crippen molar-refractivity contribution in [2.45, 2.75) is 19.3 Å². The summed E-state index contributed by atoms with van der Waals surface area (Å²) in [6, 6.07) is 11.1. The third kappa shape index (κ3) is 6.68. The fourth-order valence-electron chi connectivity index (χ4n) is 1.30. The smallest absolute Gasteiger partial charge is 0.238 e. The Morgan fingerprint density at radius 3 is 2.47 bits per heavy atom. The second-order valence-corrected chi connectivity index (χ2v) is 3.80. The molecule has 0 aromatic heterocycles. The van der Waals surface area contributed by atoms with E-state index in [1.165, 1.54) is 0 Å². The number of anilines is 1. The zero-order chi connectivity index (χ0) is 13.9. The molecule has 0 aliphatic carbocycles. The first-order valence-electron chi connectivity index (χ1n) is 5.96. The van der Waals surface area contributed by atoms with E-state index < -0.39 is 0 Å². The number of carbonyl (C=O) groups is 2. The average molecular weight is 260 g/mol. The Bertz CT molecular complexity index is 453. The van der Waals surface area contributed by atoms with Gasteiger partial charge in [0.2, 0.25) is 11.8 Å². The quantitative estimate of drug-likeness (QED) is 0.502. The average Bonchev–Trinajstić information content (AvgIpc) is 2.44. The van der Waals surface area contributed by atoms with Crippen LogP contribution in [0.2, 0.25) is 0 Å². The number of amides is 2. The van der Waals surface area contributed by atoms with Crippen LogP contribution in [0.3, 0.4) is 0 Å². The number of benzene rings is 1. The summed E-state index contributed by atoms with van der Waals surface area (Å²) in [4.78, 5) is 22.7. The van der Waals surface area contributed by atoms with E-state index in [-0.39, 0.29) is 31.1 Å². The highest BCUT2D eigenvalue weighted by molar-refractivity contribution is 5.84. The first kappa shape index (κ1) is 14.5. The number of hydrogen-bond donors (Lipinski definition) is 3. The minimum absolute atomic E-state index is 0.0955. The van der Waals surface area contributed by atoms with Gasteiger partial charge in [-0.05, 0) is 12.1 Å². The third-order valence-electron chi connectivity index (χ3n) is 2.26. The second-order valence-electron chi connectivity index (χ2n) is 3.80. The van der Waals surface area contributed by atoms with Crippen LogP contribution in [-0.4, -0.2) is 18.4 Å². The van der Waals surface area contributed by atoms with E-state index in [1.54, 1.807) is 0 Å². The zero-order valence-electron chi connectivity index (χ0n) is 10.5. The molecule has 3 N–H and O–H groups in total. The number of nitrogens with one attached hydrogen (secondary N) is 3. The summed E-state index contributed by atoms with van der Waals surface area (Å²) in [7, 11) is 0. The molecule has 0 aliphatic heterocycles. The number of hydrogen-bond acceptors (Lipinski definition) is 4. The van der Waals surface area contributed by atoms with E-state index in [0.29, 0.717) is 6.54 Å². The molecular formula is C13H16N4O2. The molecule has 0 saturated carbocycles. The highest BCUT2D eigenvalue weighted by atomic mass is 16.2. The van der Waals surface area contributed by atoms with Gasteiger partial charge < -0.3 is 5.32 Å². The Balaban J connectivity index is 2.14. The summed E-state index contributed by atoms with van der Waals surface area (Å²) in [6.07, 6.45) is 0.472. The van der Waals surface area contributed by atoms with Crippen LogP contribution in [0.5, 0.6) is 0 Å². The summed E-state index contributed by atoms with van der Waals surface area (Å²) >= 11 is 0. The van der Waals surface area contributed by atoms with Crippen molar-refractivity contribution in [3.05, 3.63) is 30.3 Å². The van der Waals surface area contributed by atoms with Gasteiger partial charge in [0.15, 0.2) is 0 Å². The normalized spacial score (nSPS) is 9.21. The summed E-state index contributed by atoms with van der Waals surface area (Å²) < 4.78 is 0. The number of para-hydroxylation sites is 1. The zero-order valence-corrected chi connectivity index (χ0v) is 10.5. The highest BCUT2D eigenvalue weighted by Gasteiger charge is 2.05. The van der Waals surface area contributed by atoms with Crippen molar-refractivity contribution in [3.8, 4) is 6.07 Å². The summed E-state index contributed by atoms with van der Waals surface area (Å²) in [5, 5.41) is 10.9. The molecule has 1 rings (SSSR count). The lowest BCUT2D eigenvalue weighted by molar-refractivity contribution is -0.126. The van der Waals surface area contributed by atoms with Gasteiger partial charge >= 0.3 is 0 Å². The van der Waals surface area contributed by atoms with Crippen molar-refractivity contribution < 1.29 is 9.59 Å². The molecule has 1 aromatic carbocycles. The Morgan fingerprint density at radius 1 is 1.11 bits per heavy atom. The van der Waals surface area contributed by atoms with Gasteiger partial charge in [-0.1, -0.05) is 18.2 Å². The van der Waals surface area contributed by atoms with E-state index >= 15 is 0 Å². The van der Waals surface area contributed by atoms with Crippen LogP contribution in [0.1, 0.15) is 19.3 Å². The van der Waals surface area contributed by atoms with Gasteiger partial charge in [-0.3, -0.25) is 20.4 Å². The number of nitriles is 1. The molecule has 0 fully saturated rings. The molecule has 19 heavy (non-hydrogen) atoms. The molecule has 0 aliphatic rings. The van der Waals surface area contributed by atoms with Gasteiger partial charge in [-0.2, -0.15) is 5.26 Å². The van der Waals surface area contributed by atoms with Crippen molar-refractivity contribution in [3.63, 3.8) is 0 Å². The van der Waals surface area contributed by atoms with Crippen molar-refractivity contribution in [1.82, 2.24) is 10.7 Å². The van der Waals surface area contributed by atoms with Gasteiger partial charge in [-0.15, -0.1) is 0 Å². The molecule has 0 radical (unpaired) electrons. The second kappa shape index (κ2) is 8.53. The van der Waals surface area contributed by atoms with Crippen molar-refractivity contribution >= 4 is 17.5 Å².